The van der Waals surface area contributed by atoms with Crippen molar-refractivity contribution in [3.8, 4) is 0 Å². The Hall–Kier alpha value is -1.51. The van der Waals surface area contributed by atoms with E-state index in [9.17, 15) is 0 Å². The summed E-state index contributed by atoms with van der Waals surface area (Å²) in [5.74, 6) is 1.96. The van der Waals surface area contributed by atoms with E-state index in [4.69, 9.17) is 10.7 Å². The Balaban J connectivity index is 2.17. The third kappa shape index (κ3) is 2.54. The summed E-state index contributed by atoms with van der Waals surface area (Å²) in [5, 5.41) is 0. The van der Waals surface area contributed by atoms with Crippen molar-refractivity contribution in [2.45, 2.75) is 64.8 Å². The molecule has 0 spiro atoms. The van der Waals surface area contributed by atoms with Gasteiger partial charge in [-0.2, -0.15) is 0 Å². The molecule has 1 aliphatic rings. The lowest BCUT2D eigenvalue weighted by Crippen LogP contribution is -2.24. The number of nitrogens with zero attached hydrogens (tertiary/aromatic N) is 2. The molecular formula is C18H27N3. The van der Waals surface area contributed by atoms with Gasteiger partial charge in [0, 0.05) is 17.1 Å². The van der Waals surface area contributed by atoms with Crippen LogP contribution in [0.1, 0.15) is 65.2 Å². The van der Waals surface area contributed by atoms with Crippen molar-refractivity contribution in [1.82, 2.24) is 9.55 Å². The molecule has 0 amide bonds. The van der Waals surface area contributed by atoms with Crippen molar-refractivity contribution < 1.29 is 0 Å². The summed E-state index contributed by atoms with van der Waals surface area (Å²) < 4.78 is 2.48. The van der Waals surface area contributed by atoms with Gasteiger partial charge in [0.25, 0.3) is 0 Å². The lowest BCUT2D eigenvalue weighted by atomic mass is 9.93. The van der Waals surface area contributed by atoms with Gasteiger partial charge in [0.2, 0.25) is 0 Å². The molecule has 1 fully saturated rings. The van der Waals surface area contributed by atoms with Crippen LogP contribution in [0, 0.1) is 5.92 Å². The second-order valence-corrected chi connectivity index (χ2v) is 7.59. The number of aromatic nitrogens is 2. The number of imidazole rings is 1. The number of benzene rings is 1. The van der Waals surface area contributed by atoms with Crippen LogP contribution < -0.4 is 5.73 Å². The van der Waals surface area contributed by atoms with Crippen LogP contribution in [0.3, 0.4) is 0 Å². The Morgan fingerprint density at radius 1 is 1.24 bits per heavy atom. The minimum atomic E-state index is 0.0423. The van der Waals surface area contributed by atoms with E-state index >= 15 is 0 Å². The Kier molecular flexibility index (Phi) is 3.46. The smallest absolute Gasteiger partial charge is 0.115 e. The minimum Gasteiger partial charge on any atom is -0.399 e. The normalized spacial score (nSPS) is 18.5. The van der Waals surface area contributed by atoms with Gasteiger partial charge in [-0.25, -0.2) is 4.98 Å². The molecule has 1 heterocycles. The van der Waals surface area contributed by atoms with Crippen LogP contribution in [0.2, 0.25) is 0 Å². The van der Waals surface area contributed by atoms with E-state index in [1.807, 2.05) is 12.1 Å². The van der Waals surface area contributed by atoms with E-state index in [2.05, 4.69) is 38.3 Å². The van der Waals surface area contributed by atoms with Gasteiger partial charge in [-0.1, -0.05) is 33.6 Å². The largest absolute Gasteiger partial charge is 0.399 e. The molecule has 1 saturated carbocycles. The van der Waals surface area contributed by atoms with Crippen molar-refractivity contribution in [1.29, 1.82) is 0 Å². The summed E-state index contributed by atoms with van der Waals surface area (Å²) >= 11 is 0. The molecule has 3 nitrogen and oxygen atoms in total. The standard InChI is InChI=1S/C18H27N3/c1-12(13-7-5-6-8-13)21-16-10-9-14(19)11-15(16)20-17(21)18(2,3)4/h9-13H,5-8,19H2,1-4H3. The van der Waals surface area contributed by atoms with Crippen LogP contribution in [0.5, 0.6) is 0 Å². The van der Waals surface area contributed by atoms with Crippen molar-refractivity contribution >= 4 is 16.7 Å². The summed E-state index contributed by atoms with van der Waals surface area (Å²) in [5.41, 5.74) is 9.04. The molecule has 1 aliphatic carbocycles. The molecule has 0 bridgehead atoms. The molecule has 3 heteroatoms. The predicted molar refractivity (Wildman–Crippen MR) is 89.5 cm³/mol. The van der Waals surface area contributed by atoms with Gasteiger partial charge in [-0.05, 0) is 43.9 Å². The Bertz CT molecular complexity index is 642. The maximum atomic E-state index is 5.94. The number of hydrogen-bond acceptors (Lipinski definition) is 2. The maximum Gasteiger partial charge on any atom is 0.115 e. The second-order valence-electron chi connectivity index (χ2n) is 7.59. The molecule has 1 unspecified atom stereocenters. The average molecular weight is 285 g/mol. The summed E-state index contributed by atoms with van der Waals surface area (Å²) in [7, 11) is 0. The van der Waals surface area contributed by atoms with E-state index in [0.717, 1.165) is 17.1 Å². The third-order valence-corrected chi connectivity index (χ3v) is 4.87. The highest BCUT2D eigenvalue weighted by Gasteiger charge is 2.30. The van der Waals surface area contributed by atoms with Crippen LogP contribution in [0.15, 0.2) is 18.2 Å². The van der Waals surface area contributed by atoms with Crippen molar-refractivity contribution in [3.63, 3.8) is 0 Å². The SMILES string of the molecule is CC(C1CCCC1)n1c(C(C)(C)C)nc2cc(N)ccc21. The third-order valence-electron chi connectivity index (χ3n) is 4.87. The first kappa shape index (κ1) is 14.4. The fourth-order valence-electron chi connectivity index (χ4n) is 3.71. The van der Waals surface area contributed by atoms with Gasteiger partial charge in [0.1, 0.15) is 5.82 Å². The molecule has 1 aromatic heterocycles. The van der Waals surface area contributed by atoms with Crippen LogP contribution >= 0.6 is 0 Å². The van der Waals surface area contributed by atoms with Gasteiger partial charge in [0.05, 0.1) is 11.0 Å². The molecule has 114 valence electrons. The molecule has 21 heavy (non-hydrogen) atoms. The molecule has 0 aliphatic heterocycles. The van der Waals surface area contributed by atoms with E-state index < -0.39 is 0 Å². The summed E-state index contributed by atoms with van der Waals surface area (Å²) in [6, 6.07) is 6.64. The molecule has 2 aromatic rings. The second kappa shape index (κ2) is 5.04. The van der Waals surface area contributed by atoms with Crippen LogP contribution in [-0.2, 0) is 5.41 Å². The Morgan fingerprint density at radius 2 is 1.90 bits per heavy atom. The number of nitrogens with two attached hydrogens (primary N) is 1. The molecule has 2 N–H and O–H groups in total. The average Bonchev–Trinajstić information content (AvgIpc) is 3.03. The summed E-state index contributed by atoms with van der Waals surface area (Å²) in [4.78, 5) is 4.92. The zero-order valence-electron chi connectivity index (χ0n) is 13.7. The zero-order valence-corrected chi connectivity index (χ0v) is 13.7. The van der Waals surface area contributed by atoms with Gasteiger partial charge in [0.15, 0.2) is 0 Å². The predicted octanol–water partition coefficient (Wildman–Crippen LogP) is 4.67. The van der Waals surface area contributed by atoms with Crippen LogP contribution in [-0.4, -0.2) is 9.55 Å². The lowest BCUT2D eigenvalue weighted by Gasteiger charge is -2.28. The number of fused-ring (bicyclic) bond motifs is 1. The van der Waals surface area contributed by atoms with Gasteiger partial charge in [-0.15, -0.1) is 0 Å². The lowest BCUT2D eigenvalue weighted by molar-refractivity contribution is 0.343. The highest BCUT2D eigenvalue weighted by molar-refractivity contribution is 5.80. The summed E-state index contributed by atoms with van der Waals surface area (Å²) in [6.07, 6.45) is 5.44. The number of nitrogen functional groups attached to an aromatic ring is 1. The molecule has 1 atom stereocenters. The summed E-state index contributed by atoms with van der Waals surface area (Å²) in [6.45, 7) is 9.10. The topological polar surface area (TPSA) is 43.8 Å². The van der Waals surface area contributed by atoms with Gasteiger partial charge >= 0.3 is 0 Å². The number of rotatable bonds is 2. The quantitative estimate of drug-likeness (QED) is 0.815. The van der Waals surface area contributed by atoms with Gasteiger partial charge < -0.3 is 10.3 Å². The fraction of sp³-hybridized carbons (Fsp3) is 0.611. The fourth-order valence-corrected chi connectivity index (χ4v) is 3.71. The zero-order chi connectivity index (χ0) is 15.2. The molecule has 0 saturated heterocycles. The van der Waals surface area contributed by atoms with Crippen LogP contribution in [0.25, 0.3) is 11.0 Å². The number of anilines is 1. The van der Waals surface area contributed by atoms with Crippen molar-refractivity contribution in [2.24, 2.45) is 5.92 Å². The van der Waals surface area contributed by atoms with Crippen molar-refractivity contribution in [2.75, 3.05) is 5.73 Å². The molecular weight excluding hydrogens is 258 g/mol. The first-order chi connectivity index (χ1) is 9.88. The van der Waals surface area contributed by atoms with Gasteiger partial charge in [-0.3, -0.25) is 0 Å². The van der Waals surface area contributed by atoms with Crippen LogP contribution in [0.4, 0.5) is 5.69 Å². The van der Waals surface area contributed by atoms with E-state index in [-0.39, 0.29) is 5.41 Å². The molecule has 1 aromatic carbocycles. The highest BCUT2D eigenvalue weighted by atomic mass is 15.1. The van der Waals surface area contributed by atoms with E-state index in [1.54, 1.807) is 0 Å². The minimum absolute atomic E-state index is 0.0423. The Morgan fingerprint density at radius 3 is 2.52 bits per heavy atom. The maximum absolute atomic E-state index is 5.94. The Labute approximate surface area is 127 Å². The molecule has 3 rings (SSSR count). The first-order valence-corrected chi connectivity index (χ1v) is 8.16. The number of hydrogen-bond donors (Lipinski definition) is 1. The monoisotopic (exact) mass is 285 g/mol. The molecule has 0 radical (unpaired) electrons. The van der Waals surface area contributed by atoms with Crippen molar-refractivity contribution in [3.05, 3.63) is 24.0 Å². The highest BCUT2D eigenvalue weighted by Crippen LogP contribution is 2.38. The van der Waals surface area contributed by atoms with E-state index in [1.165, 1.54) is 37.0 Å². The van der Waals surface area contributed by atoms with E-state index in [0.29, 0.717) is 6.04 Å². The first-order valence-electron chi connectivity index (χ1n) is 8.16.